The molecular formula is C16H26N2O2. The van der Waals surface area contributed by atoms with Crippen LogP contribution in [0.15, 0.2) is 24.3 Å². The van der Waals surface area contributed by atoms with Crippen LogP contribution in [-0.4, -0.2) is 43.1 Å². The highest BCUT2D eigenvalue weighted by Crippen LogP contribution is 2.14. The fourth-order valence-corrected chi connectivity index (χ4v) is 1.97. The summed E-state index contributed by atoms with van der Waals surface area (Å²) >= 11 is 0. The molecule has 0 aliphatic carbocycles. The van der Waals surface area contributed by atoms with Gasteiger partial charge in [0.15, 0.2) is 6.10 Å². The van der Waals surface area contributed by atoms with Crippen LogP contribution in [-0.2, 0) is 4.79 Å². The zero-order valence-electron chi connectivity index (χ0n) is 13.0. The molecule has 0 aliphatic heterocycles. The van der Waals surface area contributed by atoms with E-state index in [4.69, 9.17) is 4.74 Å². The molecule has 0 aliphatic rings. The monoisotopic (exact) mass is 278 g/mol. The molecule has 0 saturated heterocycles. The molecule has 112 valence electrons. The quantitative estimate of drug-likeness (QED) is 0.793. The van der Waals surface area contributed by atoms with E-state index in [1.54, 1.807) is 6.92 Å². The highest BCUT2D eigenvalue weighted by molar-refractivity contribution is 5.80. The lowest BCUT2D eigenvalue weighted by Crippen LogP contribution is -2.40. The topological polar surface area (TPSA) is 41.6 Å². The second-order valence-electron chi connectivity index (χ2n) is 4.89. The standard InChI is InChI=1S/C16H26N2O2/c1-5-18(6-2)11-10-17-16(19)14(4)20-15-9-7-8-13(3)12-15/h7-9,12,14H,5-6,10-11H2,1-4H3,(H,17,19). The van der Waals surface area contributed by atoms with Crippen LogP contribution in [0.1, 0.15) is 26.3 Å². The Morgan fingerprint density at radius 3 is 2.65 bits per heavy atom. The van der Waals surface area contributed by atoms with Crippen molar-refractivity contribution in [2.24, 2.45) is 0 Å². The first-order valence-corrected chi connectivity index (χ1v) is 7.30. The highest BCUT2D eigenvalue weighted by Gasteiger charge is 2.14. The second-order valence-corrected chi connectivity index (χ2v) is 4.89. The maximum Gasteiger partial charge on any atom is 0.260 e. The summed E-state index contributed by atoms with van der Waals surface area (Å²) in [6.07, 6.45) is -0.478. The van der Waals surface area contributed by atoms with Crippen LogP contribution < -0.4 is 10.1 Å². The fraction of sp³-hybridized carbons (Fsp3) is 0.562. The molecule has 0 aromatic heterocycles. The molecule has 4 heteroatoms. The summed E-state index contributed by atoms with van der Waals surface area (Å²) in [5.41, 5.74) is 1.12. The lowest BCUT2D eigenvalue weighted by molar-refractivity contribution is -0.127. The zero-order valence-corrected chi connectivity index (χ0v) is 13.0. The average molecular weight is 278 g/mol. The third-order valence-electron chi connectivity index (χ3n) is 3.29. The van der Waals surface area contributed by atoms with Crippen molar-refractivity contribution in [2.45, 2.75) is 33.8 Å². The van der Waals surface area contributed by atoms with Gasteiger partial charge in [0.05, 0.1) is 0 Å². The lowest BCUT2D eigenvalue weighted by atomic mass is 10.2. The minimum atomic E-state index is -0.478. The number of likely N-dealkylation sites (N-methyl/N-ethyl adjacent to an activating group) is 1. The summed E-state index contributed by atoms with van der Waals surface area (Å²) in [6.45, 7) is 11.5. The van der Waals surface area contributed by atoms with Crippen LogP contribution in [0.5, 0.6) is 5.75 Å². The van der Waals surface area contributed by atoms with Crippen LogP contribution in [0.2, 0.25) is 0 Å². The van der Waals surface area contributed by atoms with Crippen LogP contribution >= 0.6 is 0 Å². The maximum atomic E-state index is 11.9. The molecule has 0 fully saturated rings. The van der Waals surface area contributed by atoms with Crippen LogP contribution in [0.3, 0.4) is 0 Å². The first-order valence-electron chi connectivity index (χ1n) is 7.30. The van der Waals surface area contributed by atoms with Crippen molar-refractivity contribution in [3.63, 3.8) is 0 Å². The molecule has 1 atom stereocenters. The van der Waals surface area contributed by atoms with E-state index < -0.39 is 6.10 Å². The average Bonchev–Trinajstić information content (AvgIpc) is 2.43. The Bertz CT molecular complexity index is 417. The van der Waals surface area contributed by atoms with Crippen molar-refractivity contribution in [3.8, 4) is 5.75 Å². The third kappa shape index (κ3) is 5.61. The minimum absolute atomic E-state index is 0.0707. The summed E-state index contributed by atoms with van der Waals surface area (Å²) in [6, 6.07) is 7.73. The summed E-state index contributed by atoms with van der Waals surface area (Å²) in [5, 5.41) is 2.91. The molecule has 1 aromatic rings. The molecule has 1 N–H and O–H groups in total. The number of hydrogen-bond donors (Lipinski definition) is 1. The Kier molecular flexibility index (Phi) is 7.09. The van der Waals surface area contributed by atoms with Crippen molar-refractivity contribution in [1.82, 2.24) is 10.2 Å². The Hall–Kier alpha value is -1.55. The lowest BCUT2D eigenvalue weighted by Gasteiger charge is -2.19. The Balaban J connectivity index is 2.36. The minimum Gasteiger partial charge on any atom is -0.481 e. The normalized spacial score (nSPS) is 12.2. The van der Waals surface area contributed by atoms with Gasteiger partial charge < -0.3 is 15.0 Å². The molecule has 1 rings (SSSR count). The van der Waals surface area contributed by atoms with Gasteiger partial charge in [-0.2, -0.15) is 0 Å². The fourth-order valence-electron chi connectivity index (χ4n) is 1.97. The number of carbonyl (C=O) groups is 1. The highest BCUT2D eigenvalue weighted by atomic mass is 16.5. The van der Waals surface area contributed by atoms with Crippen LogP contribution in [0.4, 0.5) is 0 Å². The van der Waals surface area contributed by atoms with Crippen molar-refractivity contribution in [2.75, 3.05) is 26.2 Å². The van der Waals surface area contributed by atoms with Gasteiger partial charge in [0.1, 0.15) is 5.75 Å². The van der Waals surface area contributed by atoms with E-state index in [0.29, 0.717) is 6.54 Å². The van der Waals surface area contributed by atoms with Gasteiger partial charge in [-0.3, -0.25) is 4.79 Å². The Morgan fingerprint density at radius 2 is 2.05 bits per heavy atom. The van der Waals surface area contributed by atoms with Gasteiger partial charge in [0.2, 0.25) is 0 Å². The molecule has 1 amide bonds. The molecule has 0 spiro atoms. The smallest absolute Gasteiger partial charge is 0.260 e. The molecule has 1 aromatic carbocycles. The molecule has 20 heavy (non-hydrogen) atoms. The number of aryl methyl sites for hydroxylation is 1. The molecule has 0 saturated carbocycles. The van der Waals surface area contributed by atoms with E-state index >= 15 is 0 Å². The Labute approximate surface area is 122 Å². The van der Waals surface area contributed by atoms with Gasteiger partial charge in [-0.15, -0.1) is 0 Å². The number of amides is 1. The number of benzene rings is 1. The van der Waals surface area contributed by atoms with Crippen molar-refractivity contribution < 1.29 is 9.53 Å². The second kappa shape index (κ2) is 8.59. The number of nitrogens with zero attached hydrogens (tertiary/aromatic N) is 1. The van der Waals surface area contributed by atoms with Crippen molar-refractivity contribution >= 4 is 5.91 Å². The SMILES string of the molecule is CCN(CC)CCNC(=O)C(C)Oc1cccc(C)c1. The number of hydrogen-bond acceptors (Lipinski definition) is 3. The van der Waals surface area contributed by atoms with Gasteiger partial charge >= 0.3 is 0 Å². The number of ether oxygens (including phenoxy) is 1. The first kappa shape index (κ1) is 16.5. The molecule has 1 unspecified atom stereocenters. The molecule has 0 radical (unpaired) electrons. The van der Waals surface area contributed by atoms with E-state index in [2.05, 4.69) is 24.1 Å². The number of carbonyl (C=O) groups excluding carboxylic acids is 1. The molecule has 4 nitrogen and oxygen atoms in total. The number of nitrogens with one attached hydrogen (secondary N) is 1. The third-order valence-corrected chi connectivity index (χ3v) is 3.29. The van der Waals surface area contributed by atoms with Gasteiger partial charge in [-0.25, -0.2) is 0 Å². The zero-order chi connectivity index (χ0) is 15.0. The summed E-state index contributed by atoms with van der Waals surface area (Å²) < 4.78 is 5.64. The summed E-state index contributed by atoms with van der Waals surface area (Å²) in [5.74, 6) is 0.662. The predicted molar refractivity (Wildman–Crippen MR) is 82.1 cm³/mol. The Morgan fingerprint density at radius 1 is 1.35 bits per heavy atom. The van der Waals surface area contributed by atoms with Crippen molar-refractivity contribution in [3.05, 3.63) is 29.8 Å². The van der Waals surface area contributed by atoms with E-state index in [9.17, 15) is 4.79 Å². The van der Waals surface area contributed by atoms with Crippen molar-refractivity contribution in [1.29, 1.82) is 0 Å². The summed E-state index contributed by atoms with van der Waals surface area (Å²) in [7, 11) is 0. The van der Waals surface area contributed by atoms with E-state index in [1.807, 2.05) is 31.2 Å². The predicted octanol–water partition coefficient (Wildman–Crippen LogP) is 2.22. The summed E-state index contributed by atoms with van der Waals surface area (Å²) in [4.78, 5) is 14.2. The van der Waals surface area contributed by atoms with Crippen LogP contribution in [0, 0.1) is 6.92 Å². The largest absolute Gasteiger partial charge is 0.481 e. The van der Waals surface area contributed by atoms with E-state index in [0.717, 1.165) is 30.9 Å². The molecular weight excluding hydrogens is 252 g/mol. The van der Waals surface area contributed by atoms with Gasteiger partial charge in [0, 0.05) is 13.1 Å². The van der Waals surface area contributed by atoms with Gasteiger partial charge in [-0.1, -0.05) is 26.0 Å². The molecule has 0 heterocycles. The van der Waals surface area contributed by atoms with E-state index in [1.165, 1.54) is 0 Å². The van der Waals surface area contributed by atoms with E-state index in [-0.39, 0.29) is 5.91 Å². The van der Waals surface area contributed by atoms with Gasteiger partial charge in [-0.05, 0) is 44.6 Å². The van der Waals surface area contributed by atoms with Gasteiger partial charge in [0.25, 0.3) is 5.91 Å². The number of rotatable bonds is 8. The maximum absolute atomic E-state index is 11.9. The van der Waals surface area contributed by atoms with Crippen LogP contribution in [0.25, 0.3) is 0 Å². The first-order chi connectivity index (χ1) is 9.56. The molecule has 0 bridgehead atoms.